The van der Waals surface area contributed by atoms with Crippen LogP contribution in [0.3, 0.4) is 0 Å². The summed E-state index contributed by atoms with van der Waals surface area (Å²) in [6, 6.07) is 14.3. The summed E-state index contributed by atoms with van der Waals surface area (Å²) in [6.07, 6.45) is 0.395. The molecule has 0 aliphatic carbocycles. The zero-order valence-corrected chi connectivity index (χ0v) is 15.1. The molecule has 2 aromatic carbocycles. The van der Waals surface area contributed by atoms with Crippen LogP contribution in [-0.2, 0) is 4.79 Å². The van der Waals surface area contributed by atoms with Crippen LogP contribution in [-0.4, -0.2) is 12.5 Å². The van der Waals surface area contributed by atoms with Crippen molar-refractivity contribution in [1.82, 2.24) is 0 Å². The lowest BCUT2D eigenvalue weighted by molar-refractivity contribution is -0.116. The molecule has 0 unspecified atom stereocenters. The van der Waals surface area contributed by atoms with E-state index in [0.717, 1.165) is 33.0 Å². The van der Waals surface area contributed by atoms with Gasteiger partial charge in [0.1, 0.15) is 11.6 Å². The van der Waals surface area contributed by atoms with Gasteiger partial charge in [0.25, 0.3) is 0 Å². The number of halogens is 1. The van der Waals surface area contributed by atoms with E-state index in [4.69, 9.17) is 4.74 Å². The van der Waals surface area contributed by atoms with Gasteiger partial charge in [-0.15, -0.1) is 11.3 Å². The van der Waals surface area contributed by atoms with Gasteiger partial charge in [-0.25, -0.2) is 4.39 Å². The molecule has 1 aromatic heterocycles. The summed E-state index contributed by atoms with van der Waals surface area (Å²) in [5, 5.41) is 4.97. The fourth-order valence-corrected chi connectivity index (χ4v) is 4.51. The number of thiophene rings is 1. The summed E-state index contributed by atoms with van der Waals surface area (Å²) in [5.41, 5.74) is 3.48. The SMILES string of the molecule is CCOc1cccc([C@H]2CC(=O)Nc3c(-c4cccc(F)c4)csc32)c1. The van der Waals surface area contributed by atoms with Crippen molar-refractivity contribution in [3.63, 3.8) is 0 Å². The second-order valence-corrected chi connectivity index (χ2v) is 7.12. The third-order valence-electron chi connectivity index (χ3n) is 4.50. The van der Waals surface area contributed by atoms with E-state index in [2.05, 4.69) is 5.32 Å². The maximum atomic E-state index is 13.6. The first-order valence-electron chi connectivity index (χ1n) is 8.55. The summed E-state index contributed by atoms with van der Waals surface area (Å²) in [4.78, 5) is 13.5. The van der Waals surface area contributed by atoms with Crippen LogP contribution in [0.25, 0.3) is 11.1 Å². The van der Waals surface area contributed by atoms with E-state index in [1.165, 1.54) is 12.1 Å². The Balaban J connectivity index is 1.78. The molecule has 0 bridgehead atoms. The molecule has 2 heterocycles. The van der Waals surface area contributed by atoms with Gasteiger partial charge in [0, 0.05) is 28.2 Å². The summed E-state index contributed by atoms with van der Waals surface area (Å²) < 4.78 is 19.2. The minimum absolute atomic E-state index is 0.0218. The molecule has 1 aliphatic heterocycles. The maximum Gasteiger partial charge on any atom is 0.225 e. The Bertz CT molecular complexity index is 966. The number of anilines is 1. The zero-order chi connectivity index (χ0) is 18.1. The Morgan fingerprint density at radius 2 is 2.08 bits per heavy atom. The number of amides is 1. The van der Waals surface area contributed by atoms with Gasteiger partial charge in [-0.2, -0.15) is 0 Å². The Labute approximate surface area is 155 Å². The quantitative estimate of drug-likeness (QED) is 0.668. The highest BCUT2D eigenvalue weighted by atomic mass is 32.1. The van der Waals surface area contributed by atoms with Crippen molar-refractivity contribution in [3.8, 4) is 16.9 Å². The van der Waals surface area contributed by atoms with E-state index in [0.29, 0.717) is 13.0 Å². The summed E-state index contributed by atoms with van der Waals surface area (Å²) >= 11 is 1.60. The Hall–Kier alpha value is -2.66. The monoisotopic (exact) mass is 367 g/mol. The Kier molecular flexibility index (Phi) is 4.47. The molecular formula is C21H18FNO2S. The standard InChI is InChI=1S/C21H18FNO2S/c1-2-25-16-8-4-6-14(10-16)17-11-19(24)23-20-18(12-26-21(17)20)13-5-3-7-15(22)9-13/h3-10,12,17H,2,11H2,1H3,(H,23,24)/t17-/m1/s1. The number of hydrogen-bond donors (Lipinski definition) is 1. The van der Waals surface area contributed by atoms with Crippen LogP contribution in [0.2, 0.25) is 0 Å². The molecule has 1 N–H and O–H groups in total. The molecule has 0 spiro atoms. The molecule has 1 aliphatic rings. The topological polar surface area (TPSA) is 38.3 Å². The van der Waals surface area contributed by atoms with Gasteiger partial charge in [-0.3, -0.25) is 4.79 Å². The van der Waals surface area contributed by atoms with Gasteiger partial charge in [0.15, 0.2) is 0 Å². The second kappa shape index (κ2) is 6.92. The minimum Gasteiger partial charge on any atom is -0.494 e. The van der Waals surface area contributed by atoms with Gasteiger partial charge in [0.05, 0.1) is 12.3 Å². The summed E-state index contributed by atoms with van der Waals surface area (Å²) in [5.74, 6) is 0.469. The molecule has 26 heavy (non-hydrogen) atoms. The third kappa shape index (κ3) is 3.10. The van der Waals surface area contributed by atoms with E-state index in [9.17, 15) is 9.18 Å². The average molecular weight is 367 g/mol. The van der Waals surface area contributed by atoms with Gasteiger partial charge in [-0.1, -0.05) is 24.3 Å². The highest BCUT2D eigenvalue weighted by Crippen LogP contribution is 2.46. The maximum absolute atomic E-state index is 13.6. The van der Waals surface area contributed by atoms with E-state index in [1.807, 2.05) is 42.6 Å². The predicted molar refractivity (Wildman–Crippen MR) is 102 cm³/mol. The predicted octanol–water partition coefficient (Wildman–Crippen LogP) is 5.43. The summed E-state index contributed by atoms with van der Waals surface area (Å²) in [6.45, 7) is 2.55. The molecule has 1 amide bonds. The molecule has 0 saturated heterocycles. The highest BCUT2D eigenvalue weighted by Gasteiger charge is 2.30. The molecular weight excluding hydrogens is 349 g/mol. The van der Waals surface area contributed by atoms with Crippen molar-refractivity contribution in [2.75, 3.05) is 11.9 Å². The van der Waals surface area contributed by atoms with Crippen LogP contribution in [0.15, 0.2) is 53.9 Å². The van der Waals surface area contributed by atoms with Crippen molar-refractivity contribution >= 4 is 22.9 Å². The van der Waals surface area contributed by atoms with Crippen molar-refractivity contribution < 1.29 is 13.9 Å². The minimum atomic E-state index is -0.287. The van der Waals surface area contributed by atoms with Crippen LogP contribution < -0.4 is 10.1 Å². The lowest BCUT2D eigenvalue weighted by Gasteiger charge is -2.24. The zero-order valence-electron chi connectivity index (χ0n) is 14.3. The molecule has 0 radical (unpaired) electrons. The number of carbonyl (C=O) groups is 1. The van der Waals surface area contributed by atoms with Crippen molar-refractivity contribution in [1.29, 1.82) is 0 Å². The Morgan fingerprint density at radius 3 is 2.88 bits per heavy atom. The van der Waals surface area contributed by atoms with E-state index >= 15 is 0 Å². The second-order valence-electron chi connectivity index (χ2n) is 6.21. The largest absolute Gasteiger partial charge is 0.494 e. The molecule has 3 aromatic rings. The first kappa shape index (κ1) is 16.8. The molecule has 5 heteroatoms. The van der Waals surface area contributed by atoms with E-state index in [1.54, 1.807) is 17.4 Å². The molecule has 3 nitrogen and oxygen atoms in total. The van der Waals surface area contributed by atoms with Crippen molar-refractivity contribution in [2.45, 2.75) is 19.3 Å². The fraction of sp³-hybridized carbons (Fsp3) is 0.190. The molecule has 1 atom stereocenters. The van der Waals surface area contributed by atoms with Crippen molar-refractivity contribution in [3.05, 3.63) is 70.2 Å². The van der Waals surface area contributed by atoms with Crippen LogP contribution >= 0.6 is 11.3 Å². The van der Waals surface area contributed by atoms with Crippen molar-refractivity contribution in [2.24, 2.45) is 0 Å². The number of rotatable bonds is 4. The van der Waals surface area contributed by atoms with Crippen LogP contribution in [0.4, 0.5) is 10.1 Å². The Morgan fingerprint density at radius 1 is 1.23 bits per heavy atom. The first-order valence-corrected chi connectivity index (χ1v) is 9.43. The first-order chi connectivity index (χ1) is 12.7. The lowest BCUT2D eigenvalue weighted by atomic mass is 9.89. The number of fused-ring (bicyclic) bond motifs is 1. The number of ether oxygens (including phenoxy) is 1. The van der Waals surface area contributed by atoms with Gasteiger partial charge >= 0.3 is 0 Å². The van der Waals surface area contributed by atoms with Gasteiger partial charge < -0.3 is 10.1 Å². The smallest absolute Gasteiger partial charge is 0.225 e. The average Bonchev–Trinajstić information content (AvgIpc) is 3.05. The molecule has 132 valence electrons. The number of nitrogens with one attached hydrogen (secondary N) is 1. The number of carbonyl (C=O) groups excluding carboxylic acids is 1. The fourth-order valence-electron chi connectivity index (χ4n) is 3.35. The van der Waals surface area contributed by atoms with E-state index < -0.39 is 0 Å². The van der Waals surface area contributed by atoms with E-state index in [-0.39, 0.29) is 17.6 Å². The molecule has 4 rings (SSSR count). The molecule has 0 fully saturated rings. The number of hydrogen-bond acceptors (Lipinski definition) is 3. The van der Waals surface area contributed by atoms with Crippen LogP contribution in [0, 0.1) is 5.82 Å². The third-order valence-corrected chi connectivity index (χ3v) is 5.59. The van der Waals surface area contributed by atoms with Crippen LogP contribution in [0.1, 0.15) is 29.7 Å². The number of benzene rings is 2. The summed E-state index contributed by atoms with van der Waals surface area (Å²) in [7, 11) is 0. The van der Waals surface area contributed by atoms with Gasteiger partial charge in [-0.05, 0) is 42.3 Å². The van der Waals surface area contributed by atoms with Crippen LogP contribution in [0.5, 0.6) is 5.75 Å². The molecule has 0 saturated carbocycles. The highest BCUT2D eigenvalue weighted by molar-refractivity contribution is 7.11. The van der Waals surface area contributed by atoms with Gasteiger partial charge in [0.2, 0.25) is 5.91 Å². The lowest BCUT2D eigenvalue weighted by Crippen LogP contribution is -2.22. The normalized spacial score (nSPS) is 16.1.